The molecule has 0 aliphatic carbocycles. The fourth-order valence-electron chi connectivity index (χ4n) is 2.16. The van der Waals surface area contributed by atoms with Crippen LogP contribution in [0, 0.1) is 5.92 Å². The number of hydrogen-bond acceptors (Lipinski definition) is 3. The van der Waals surface area contributed by atoms with Gasteiger partial charge in [-0.1, -0.05) is 56.1 Å². The number of unbranched alkanes of at least 4 members (excludes halogenated alkanes) is 1. The van der Waals surface area contributed by atoms with Crippen LogP contribution in [0.3, 0.4) is 0 Å². The molecular weight excluding hydrogens is 266 g/mol. The van der Waals surface area contributed by atoms with Crippen molar-refractivity contribution in [3.8, 4) is 0 Å². The zero-order valence-corrected chi connectivity index (χ0v) is 12.8. The molecule has 1 rings (SSSR count). The van der Waals surface area contributed by atoms with E-state index in [0.29, 0.717) is 12.1 Å². The van der Waals surface area contributed by atoms with Crippen molar-refractivity contribution in [3.63, 3.8) is 0 Å². The van der Waals surface area contributed by atoms with E-state index in [1.807, 2.05) is 19.1 Å². The van der Waals surface area contributed by atoms with Gasteiger partial charge in [0.1, 0.15) is 0 Å². The predicted molar refractivity (Wildman–Crippen MR) is 84.1 cm³/mol. The lowest BCUT2D eigenvalue weighted by Gasteiger charge is -2.14. The van der Waals surface area contributed by atoms with Gasteiger partial charge in [0.25, 0.3) is 0 Å². The Labute approximate surface area is 126 Å². The minimum Gasteiger partial charge on any atom is -0.409 e. The number of nitrogens with zero attached hydrogens (tertiary/aromatic N) is 1. The van der Waals surface area contributed by atoms with E-state index in [9.17, 15) is 4.79 Å². The summed E-state index contributed by atoms with van der Waals surface area (Å²) < 4.78 is 0. The van der Waals surface area contributed by atoms with Gasteiger partial charge in [-0.3, -0.25) is 4.79 Å². The van der Waals surface area contributed by atoms with E-state index in [2.05, 4.69) is 17.4 Å². The predicted octanol–water partition coefficient (Wildman–Crippen LogP) is 2.61. The highest BCUT2D eigenvalue weighted by molar-refractivity contribution is 5.96. The van der Waals surface area contributed by atoms with E-state index < -0.39 is 0 Å². The first-order valence-corrected chi connectivity index (χ1v) is 7.46. The van der Waals surface area contributed by atoms with E-state index >= 15 is 0 Å². The van der Waals surface area contributed by atoms with Gasteiger partial charge in [-0.25, -0.2) is 0 Å². The first-order valence-electron chi connectivity index (χ1n) is 7.46. The molecule has 116 valence electrons. The molecule has 0 heterocycles. The van der Waals surface area contributed by atoms with Crippen LogP contribution in [0.5, 0.6) is 0 Å². The maximum Gasteiger partial charge on any atom is 0.223 e. The Hall–Kier alpha value is -2.04. The standard InChI is InChI=1S/C16H25N3O2/c1-3-5-6-13(4-2)16(20)18-11-12-7-9-14(10-8-12)15(17)19-21/h7-10,13,21H,3-6,11H2,1-2H3,(H2,17,19)(H,18,20). The summed E-state index contributed by atoms with van der Waals surface area (Å²) in [5.41, 5.74) is 7.14. The number of benzene rings is 1. The third-order valence-electron chi connectivity index (χ3n) is 3.59. The molecule has 0 aliphatic heterocycles. The minimum atomic E-state index is 0.0798. The number of oxime groups is 1. The van der Waals surface area contributed by atoms with Crippen LogP contribution in [0.4, 0.5) is 0 Å². The molecule has 0 aliphatic rings. The van der Waals surface area contributed by atoms with E-state index in [1.165, 1.54) is 0 Å². The maximum atomic E-state index is 12.1. The molecule has 21 heavy (non-hydrogen) atoms. The number of nitrogens with one attached hydrogen (secondary N) is 1. The third-order valence-corrected chi connectivity index (χ3v) is 3.59. The molecule has 0 spiro atoms. The number of rotatable bonds is 8. The number of amidine groups is 1. The Morgan fingerprint density at radius 2 is 2.00 bits per heavy atom. The Kier molecular flexibility index (Phi) is 7.29. The fourth-order valence-corrected chi connectivity index (χ4v) is 2.16. The van der Waals surface area contributed by atoms with Gasteiger partial charge in [0.2, 0.25) is 5.91 Å². The molecule has 0 saturated carbocycles. The van der Waals surface area contributed by atoms with E-state index in [4.69, 9.17) is 10.9 Å². The van der Waals surface area contributed by atoms with Crippen molar-refractivity contribution < 1.29 is 10.0 Å². The van der Waals surface area contributed by atoms with Crippen molar-refractivity contribution in [2.75, 3.05) is 0 Å². The van der Waals surface area contributed by atoms with Gasteiger partial charge >= 0.3 is 0 Å². The fraction of sp³-hybridized carbons (Fsp3) is 0.500. The summed E-state index contributed by atoms with van der Waals surface area (Å²) in [4.78, 5) is 12.1. The summed E-state index contributed by atoms with van der Waals surface area (Å²) in [6, 6.07) is 7.26. The van der Waals surface area contributed by atoms with Crippen molar-refractivity contribution in [3.05, 3.63) is 35.4 Å². The van der Waals surface area contributed by atoms with Crippen molar-refractivity contribution in [2.45, 2.75) is 46.1 Å². The SMILES string of the molecule is CCCCC(CC)C(=O)NCc1ccc(C(N)=NO)cc1. The van der Waals surface area contributed by atoms with E-state index in [-0.39, 0.29) is 17.7 Å². The van der Waals surface area contributed by atoms with Crippen LogP contribution in [0.2, 0.25) is 0 Å². The molecule has 1 aromatic carbocycles. The van der Waals surface area contributed by atoms with Crippen LogP contribution in [0.25, 0.3) is 0 Å². The minimum absolute atomic E-state index is 0.0798. The highest BCUT2D eigenvalue weighted by atomic mass is 16.4. The molecule has 0 radical (unpaired) electrons. The molecular formula is C16H25N3O2. The molecule has 1 atom stereocenters. The number of carbonyl (C=O) groups excluding carboxylic acids is 1. The molecule has 1 aromatic rings. The molecule has 1 unspecified atom stereocenters. The summed E-state index contributed by atoms with van der Waals surface area (Å²) in [6.45, 7) is 4.68. The number of nitrogens with two attached hydrogens (primary N) is 1. The van der Waals surface area contributed by atoms with Crippen LogP contribution in [-0.2, 0) is 11.3 Å². The lowest BCUT2D eigenvalue weighted by molar-refractivity contribution is -0.125. The summed E-state index contributed by atoms with van der Waals surface area (Å²) in [5, 5.41) is 14.5. The molecule has 5 nitrogen and oxygen atoms in total. The van der Waals surface area contributed by atoms with Crippen LogP contribution in [0.1, 0.15) is 50.7 Å². The van der Waals surface area contributed by atoms with Gasteiger partial charge in [0.05, 0.1) is 0 Å². The largest absolute Gasteiger partial charge is 0.409 e. The summed E-state index contributed by atoms with van der Waals surface area (Å²) in [6.07, 6.45) is 4.01. The Balaban J connectivity index is 2.52. The van der Waals surface area contributed by atoms with Gasteiger partial charge in [0.15, 0.2) is 5.84 Å². The highest BCUT2D eigenvalue weighted by Crippen LogP contribution is 2.13. The molecule has 0 aromatic heterocycles. The Morgan fingerprint density at radius 3 is 2.52 bits per heavy atom. The Bertz CT molecular complexity index is 469. The zero-order valence-electron chi connectivity index (χ0n) is 12.8. The number of hydrogen-bond donors (Lipinski definition) is 3. The molecule has 0 saturated heterocycles. The lowest BCUT2D eigenvalue weighted by atomic mass is 9.98. The smallest absolute Gasteiger partial charge is 0.223 e. The average Bonchev–Trinajstić information content (AvgIpc) is 2.53. The van der Waals surface area contributed by atoms with Crippen molar-refractivity contribution in [1.82, 2.24) is 5.32 Å². The van der Waals surface area contributed by atoms with Crippen molar-refractivity contribution >= 4 is 11.7 Å². The zero-order chi connectivity index (χ0) is 15.7. The second-order valence-electron chi connectivity index (χ2n) is 5.15. The second-order valence-corrected chi connectivity index (χ2v) is 5.15. The van der Waals surface area contributed by atoms with Gasteiger partial charge in [-0.2, -0.15) is 0 Å². The van der Waals surface area contributed by atoms with Gasteiger partial charge in [-0.15, -0.1) is 0 Å². The average molecular weight is 291 g/mol. The first kappa shape index (κ1) is 17.0. The molecule has 5 heteroatoms. The molecule has 4 N–H and O–H groups in total. The van der Waals surface area contributed by atoms with Crippen LogP contribution < -0.4 is 11.1 Å². The maximum absolute atomic E-state index is 12.1. The number of amides is 1. The van der Waals surface area contributed by atoms with Crippen LogP contribution >= 0.6 is 0 Å². The molecule has 0 bridgehead atoms. The molecule has 1 amide bonds. The highest BCUT2D eigenvalue weighted by Gasteiger charge is 2.15. The summed E-state index contributed by atoms with van der Waals surface area (Å²) >= 11 is 0. The van der Waals surface area contributed by atoms with Crippen LogP contribution in [0.15, 0.2) is 29.4 Å². The Morgan fingerprint density at radius 1 is 1.33 bits per heavy atom. The quantitative estimate of drug-likeness (QED) is 0.298. The van der Waals surface area contributed by atoms with Gasteiger partial charge < -0.3 is 16.3 Å². The van der Waals surface area contributed by atoms with Crippen LogP contribution in [-0.4, -0.2) is 17.0 Å². The second kappa shape index (κ2) is 9.00. The molecule has 0 fully saturated rings. The third kappa shape index (κ3) is 5.45. The van der Waals surface area contributed by atoms with Crippen molar-refractivity contribution in [2.24, 2.45) is 16.8 Å². The first-order chi connectivity index (χ1) is 10.1. The number of carbonyl (C=O) groups is 1. The van der Waals surface area contributed by atoms with E-state index in [0.717, 1.165) is 31.2 Å². The van der Waals surface area contributed by atoms with Crippen molar-refractivity contribution in [1.29, 1.82) is 0 Å². The van der Waals surface area contributed by atoms with Gasteiger partial charge in [0, 0.05) is 18.0 Å². The van der Waals surface area contributed by atoms with Gasteiger partial charge in [-0.05, 0) is 18.4 Å². The normalized spacial score (nSPS) is 13.0. The topological polar surface area (TPSA) is 87.7 Å². The monoisotopic (exact) mass is 291 g/mol. The lowest BCUT2D eigenvalue weighted by Crippen LogP contribution is -2.30. The summed E-state index contributed by atoms with van der Waals surface area (Å²) in [7, 11) is 0. The summed E-state index contributed by atoms with van der Waals surface area (Å²) in [5.74, 6) is 0.295. The van der Waals surface area contributed by atoms with E-state index in [1.54, 1.807) is 12.1 Å².